The zero-order valence-corrected chi connectivity index (χ0v) is 6.22. The molecule has 56 valence electrons. The fraction of sp³-hybridized carbons (Fsp3) is 0.875. The maximum Gasteiger partial charge on any atom is 0.306 e. The molecule has 2 fully saturated rings. The zero-order valence-electron chi connectivity index (χ0n) is 6.22. The number of hydrogen-bond acceptors (Lipinski definition) is 2. The molecule has 0 aromatic carbocycles. The second-order valence-electron chi connectivity index (χ2n) is 3.74. The fourth-order valence-corrected chi connectivity index (χ4v) is 2.14. The first kappa shape index (κ1) is 6.20. The van der Waals surface area contributed by atoms with Crippen molar-refractivity contribution in [3.63, 3.8) is 0 Å². The maximum absolute atomic E-state index is 10.9. The van der Waals surface area contributed by atoms with E-state index in [1.165, 1.54) is 6.42 Å². The smallest absolute Gasteiger partial charge is 0.306 e. The van der Waals surface area contributed by atoms with Crippen molar-refractivity contribution in [2.45, 2.75) is 38.2 Å². The lowest BCUT2D eigenvalue weighted by Crippen LogP contribution is -2.32. The molecule has 2 atom stereocenters. The Morgan fingerprint density at radius 1 is 1.70 bits per heavy atom. The minimum Gasteiger partial charge on any atom is -0.459 e. The van der Waals surface area contributed by atoms with Crippen molar-refractivity contribution in [2.24, 2.45) is 5.92 Å². The van der Waals surface area contributed by atoms with Crippen LogP contribution >= 0.6 is 0 Å². The van der Waals surface area contributed by atoms with Gasteiger partial charge in [-0.15, -0.1) is 0 Å². The van der Waals surface area contributed by atoms with Crippen LogP contribution in [0.25, 0.3) is 0 Å². The van der Waals surface area contributed by atoms with Crippen LogP contribution in [0, 0.1) is 5.92 Å². The molecule has 0 aromatic rings. The van der Waals surface area contributed by atoms with E-state index in [4.69, 9.17) is 4.74 Å². The third-order valence-electron chi connectivity index (χ3n) is 2.62. The highest BCUT2D eigenvalue weighted by atomic mass is 16.6. The molecule has 10 heavy (non-hydrogen) atoms. The first-order chi connectivity index (χ1) is 4.68. The predicted octanol–water partition coefficient (Wildman–Crippen LogP) is 1.49. The summed E-state index contributed by atoms with van der Waals surface area (Å²) in [5.41, 5.74) is -0.0833. The number of hydrogen-bond donors (Lipinski definition) is 0. The van der Waals surface area contributed by atoms with Gasteiger partial charge in [-0.2, -0.15) is 0 Å². The van der Waals surface area contributed by atoms with E-state index in [0.29, 0.717) is 12.3 Å². The summed E-state index contributed by atoms with van der Waals surface area (Å²) < 4.78 is 5.23. The molecule has 1 heterocycles. The normalized spacial score (nSPS) is 45.3. The Morgan fingerprint density at radius 3 is 3.20 bits per heavy atom. The number of ether oxygens (including phenoxy) is 1. The molecular weight excluding hydrogens is 128 g/mol. The number of carbonyl (C=O) groups is 1. The Hall–Kier alpha value is -0.530. The van der Waals surface area contributed by atoms with E-state index in [-0.39, 0.29) is 11.6 Å². The Labute approximate surface area is 60.6 Å². The summed E-state index contributed by atoms with van der Waals surface area (Å²) in [6.07, 6.45) is 4.01. The first-order valence-electron chi connectivity index (χ1n) is 3.90. The van der Waals surface area contributed by atoms with Crippen LogP contribution in [0.5, 0.6) is 0 Å². The van der Waals surface area contributed by atoms with E-state index >= 15 is 0 Å². The maximum atomic E-state index is 10.9. The van der Waals surface area contributed by atoms with Crippen LogP contribution in [-0.2, 0) is 9.53 Å². The van der Waals surface area contributed by atoms with Crippen molar-refractivity contribution < 1.29 is 9.53 Å². The number of rotatable bonds is 0. The number of carbonyl (C=O) groups excluding carboxylic acids is 1. The third-order valence-corrected chi connectivity index (χ3v) is 2.62. The standard InChI is InChI=1S/C8H12O2/c1-8-3-2-6(5-8)4-7(9)10-8/h6H,2-5H2,1H3. The molecule has 2 unspecified atom stereocenters. The Balaban J connectivity index is 2.20. The molecule has 0 N–H and O–H groups in total. The molecule has 1 saturated carbocycles. The van der Waals surface area contributed by atoms with Gasteiger partial charge >= 0.3 is 5.97 Å². The molecule has 0 amide bonds. The van der Waals surface area contributed by atoms with Gasteiger partial charge in [-0.3, -0.25) is 4.79 Å². The summed E-state index contributed by atoms with van der Waals surface area (Å²) in [5.74, 6) is 0.641. The third kappa shape index (κ3) is 0.825. The lowest BCUT2D eigenvalue weighted by Gasteiger charge is -2.28. The van der Waals surface area contributed by atoms with Gasteiger partial charge < -0.3 is 4.74 Å². The highest BCUT2D eigenvalue weighted by Gasteiger charge is 2.43. The summed E-state index contributed by atoms with van der Waals surface area (Å²) >= 11 is 0. The summed E-state index contributed by atoms with van der Waals surface area (Å²) in [7, 11) is 0. The second kappa shape index (κ2) is 1.74. The van der Waals surface area contributed by atoms with Crippen molar-refractivity contribution >= 4 is 5.97 Å². The van der Waals surface area contributed by atoms with Gasteiger partial charge in [-0.05, 0) is 32.1 Å². The first-order valence-corrected chi connectivity index (χ1v) is 3.90. The molecule has 2 heteroatoms. The summed E-state index contributed by atoms with van der Waals surface area (Å²) in [6, 6.07) is 0. The highest BCUT2D eigenvalue weighted by molar-refractivity contribution is 5.71. The molecule has 2 nitrogen and oxygen atoms in total. The molecule has 2 aliphatic rings. The van der Waals surface area contributed by atoms with Crippen LogP contribution in [-0.4, -0.2) is 11.6 Å². The van der Waals surface area contributed by atoms with Gasteiger partial charge in [0, 0.05) is 6.42 Å². The van der Waals surface area contributed by atoms with Crippen molar-refractivity contribution in [1.29, 1.82) is 0 Å². The second-order valence-corrected chi connectivity index (χ2v) is 3.74. The molecular formula is C8H12O2. The van der Waals surface area contributed by atoms with Crippen LogP contribution in [0.1, 0.15) is 32.6 Å². The van der Waals surface area contributed by atoms with Gasteiger partial charge in [0.15, 0.2) is 0 Å². The van der Waals surface area contributed by atoms with Crippen molar-refractivity contribution in [1.82, 2.24) is 0 Å². The monoisotopic (exact) mass is 140 g/mol. The molecule has 0 aromatic heterocycles. The van der Waals surface area contributed by atoms with Crippen molar-refractivity contribution in [2.75, 3.05) is 0 Å². The fourth-order valence-electron chi connectivity index (χ4n) is 2.14. The molecule has 1 saturated heterocycles. The molecule has 2 rings (SSSR count). The average Bonchev–Trinajstić information content (AvgIpc) is 2.06. The Morgan fingerprint density at radius 2 is 2.50 bits per heavy atom. The van der Waals surface area contributed by atoms with Gasteiger partial charge in [0.2, 0.25) is 0 Å². The minimum absolute atomic E-state index is 0.0104. The van der Waals surface area contributed by atoms with E-state index in [9.17, 15) is 4.79 Å². The van der Waals surface area contributed by atoms with Crippen LogP contribution in [0.4, 0.5) is 0 Å². The van der Waals surface area contributed by atoms with Crippen LogP contribution in [0.2, 0.25) is 0 Å². The van der Waals surface area contributed by atoms with E-state index in [1.807, 2.05) is 6.92 Å². The lowest BCUT2D eigenvalue weighted by atomic mass is 9.97. The predicted molar refractivity (Wildman–Crippen MR) is 36.5 cm³/mol. The molecule has 0 radical (unpaired) electrons. The number of esters is 1. The minimum atomic E-state index is -0.0833. The zero-order chi connectivity index (χ0) is 7.19. The van der Waals surface area contributed by atoms with E-state index < -0.39 is 0 Å². The molecule has 0 spiro atoms. The summed E-state index contributed by atoms with van der Waals surface area (Å²) in [4.78, 5) is 10.9. The Bertz CT molecular complexity index is 176. The molecule has 2 bridgehead atoms. The average molecular weight is 140 g/mol. The van der Waals surface area contributed by atoms with Crippen LogP contribution < -0.4 is 0 Å². The van der Waals surface area contributed by atoms with Gasteiger partial charge in [-0.25, -0.2) is 0 Å². The highest BCUT2D eigenvalue weighted by Crippen LogP contribution is 2.42. The van der Waals surface area contributed by atoms with E-state index in [1.54, 1.807) is 0 Å². The Kier molecular flexibility index (Phi) is 1.08. The lowest BCUT2D eigenvalue weighted by molar-refractivity contribution is -0.163. The molecule has 1 aliphatic heterocycles. The van der Waals surface area contributed by atoms with Gasteiger partial charge in [-0.1, -0.05) is 0 Å². The van der Waals surface area contributed by atoms with Crippen LogP contribution in [0.15, 0.2) is 0 Å². The quantitative estimate of drug-likeness (QED) is 0.476. The summed E-state index contributed by atoms with van der Waals surface area (Å²) in [5, 5.41) is 0. The molecule has 1 aliphatic carbocycles. The van der Waals surface area contributed by atoms with Crippen molar-refractivity contribution in [3.05, 3.63) is 0 Å². The SMILES string of the molecule is CC12CCC(CC(=O)O1)C2. The van der Waals surface area contributed by atoms with Crippen LogP contribution in [0.3, 0.4) is 0 Å². The van der Waals surface area contributed by atoms with Gasteiger partial charge in [0.25, 0.3) is 0 Å². The largest absolute Gasteiger partial charge is 0.459 e. The topological polar surface area (TPSA) is 26.3 Å². The number of fused-ring (bicyclic) bond motifs is 2. The van der Waals surface area contributed by atoms with Crippen molar-refractivity contribution in [3.8, 4) is 0 Å². The van der Waals surface area contributed by atoms with E-state index in [0.717, 1.165) is 12.8 Å². The van der Waals surface area contributed by atoms with Gasteiger partial charge in [0.05, 0.1) is 0 Å². The van der Waals surface area contributed by atoms with Gasteiger partial charge in [0.1, 0.15) is 5.60 Å². The van der Waals surface area contributed by atoms with E-state index in [2.05, 4.69) is 0 Å². The summed E-state index contributed by atoms with van der Waals surface area (Å²) in [6.45, 7) is 2.05.